The molecular weight excluding hydrogens is 460 g/mol. The minimum Gasteiger partial charge on any atom is -0.377 e. The molecule has 0 amide bonds. The van der Waals surface area contributed by atoms with Crippen LogP contribution in [0.1, 0.15) is 18.5 Å². The van der Waals surface area contributed by atoms with Crippen LogP contribution in [0.4, 0.5) is 14.5 Å². The quantitative estimate of drug-likeness (QED) is 0.546. The third-order valence-electron chi connectivity index (χ3n) is 2.80. The van der Waals surface area contributed by atoms with E-state index in [4.69, 9.17) is 0 Å². The summed E-state index contributed by atoms with van der Waals surface area (Å²) in [6.07, 6.45) is 0. The van der Waals surface area contributed by atoms with E-state index in [1.54, 1.807) is 0 Å². The Balaban J connectivity index is 2.30. The first-order valence-corrected chi connectivity index (χ1v) is 8.12. The SMILES string of the molecule is CC(Nc1c(Br)cc(Br)cc1Br)c1ccc(F)cc1F. The lowest BCUT2D eigenvalue weighted by Crippen LogP contribution is -2.09. The summed E-state index contributed by atoms with van der Waals surface area (Å²) in [6.45, 7) is 1.82. The zero-order chi connectivity index (χ0) is 14.9. The predicted octanol–water partition coefficient (Wildman–Crippen LogP) is 6.43. The molecule has 2 aromatic carbocycles. The molecule has 6 heteroatoms. The Morgan fingerprint density at radius 3 is 2.15 bits per heavy atom. The van der Waals surface area contributed by atoms with Gasteiger partial charge in [0.1, 0.15) is 11.6 Å². The van der Waals surface area contributed by atoms with Crippen LogP contribution in [0.2, 0.25) is 0 Å². The average Bonchev–Trinajstić information content (AvgIpc) is 2.33. The van der Waals surface area contributed by atoms with Crippen molar-refractivity contribution in [2.24, 2.45) is 0 Å². The van der Waals surface area contributed by atoms with Gasteiger partial charge >= 0.3 is 0 Å². The number of halogens is 5. The van der Waals surface area contributed by atoms with E-state index in [0.29, 0.717) is 5.56 Å². The third-order valence-corrected chi connectivity index (χ3v) is 4.51. The zero-order valence-corrected chi connectivity index (χ0v) is 15.1. The monoisotopic (exact) mass is 467 g/mol. The van der Waals surface area contributed by atoms with Gasteiger partial charge in [0.05, 0.1) is 11.7 Å². The number of hydrogen-bond donors (Lipinski definition) is 1. The van der Waals surface area contributed by atoms with E-state index >= 15 is 0 Å². The van der Waals surface area contributed by atoms with Gasteiger partial charge < -0.3 is 5.32 Å². The van der Waals surface area contributed by atoms with Gasteiger partial charge in [-0.2, -0.15) is 0 Å². The Morgan fingerprint density at radius 1 is 1.00 bits per heavy atom. The summed E-state index contributed by atoms with van der Waals surface area (Å²) in [7, 11) is 0. The molecule has 1 unspecified atom stereocenters. The van der Waals surface area contributed by atoms with Crippen molar-refractivity contribution in [1.82, 2.24) is 0 Å². The third kappa shape index (κ3) is 3.59. The molecule has 0 saturated carbocycles. The largest absolute Gasteiger partial charge is 0.377 e. The fourth-order valence-electron chi connectivity index (χ4n) is 1.83. The van der Waals surface area contributed by atoms with Crippen molar-refractivity contribution in [3.05, 3.63) is 60.9 Å². The molecule has 0 spiro atoms. The lowest BCUT2D eigenvalue weighted by Gasteiger charge is -2.19. The molecule has 0 aromatic heterocycles. The van der Waals surface area contributed by atoms with Crippen molar-refractivity contribution in [3.8, 4) is 0 Å². The molecule has 2 aromatic rings. The van der Waals surface area contributed by atoms with Crippen LogP contribution < -0.4 is 5.32 Å². The molecular formula is C14H10Br3F2N. The number of hydrogen-bond acceptors (Lipinski definition) is 1. The summed E-state index contributed by atoms with van der Waals surface area (Å²) in [6, 6.07) is 7.07. The van der Waals surface area contributed by atoms with Crippen molar-refractivity contribution < 1.29 is 8.78 Å². The fourth-order valence-corrected chi connectivity index (χ4v) is 4.31. The van der Waals surface area contributed by atoms with Gasteiger partial charge in [-0.3, -0.25) is 0 Å². The maximum atomic E-state index is 13.8. The average molecular weight is 470 g/mol. The molecule has 106 valence electrons. The Kier molecular flexibility index (Phi) is 5.20. The van der Waals surface area contributed by atoms with Gasteiger partial charge in [-0.25, -0.2) is 8.78 Å². The lowest BCUT2D eigenvalue weighted by atomic mass is 10.1. The van der Waals surface area contributed by atoms with E-state index in [2.05, 4.69) is 53.1 Å². The summed E-state index contributed by atoms with van der Waals surface area (Å²) in [5, 5.41) is 3.21. The number of nitrogens with one attached hydrogen (secondary N) is 1. The zero-order valence-electron chi connectivity index (χ0n) is 10.4. The normalized spacial score (nSPS) is 12.3. The van der Waals surface area contributed by atoms with E-state index in [1.807, 2.05) is 19.1 Å². The van der Waals surface area contributed by atoms with Crippen LogP contribution in [-0.2, 0) is 0 Å². The number of anilines is 1. The Hall–Kier alpha value is -0.460. The van der Waals surface area contributed by atoms with Crippen LogP contribution >= 0.6 is 47.8 Å². The van der Waals surface area contributed by atoms with E-state index in [-0.39, 0.29) is 6.04 Å². The Bertz CT molecular complexity index is 623. The van der Waals surface area contributed by atoms with Crippen LogP contribution in [0.3, 0.4) is 0 Å². The molecule has 0 radical (unpaired) electrons. The molecule has 0 aliphatic heterocycles. The first-order valence-electron chi connectivity index (χ1n) is 5.74. The van der Waals surface area contributed by atoms with Crippen molar-refractivity contribution in [3.63, 3.8) is 0 Å². The maximum absolute atomic E-state index is 13.8. The first-order chi connectivity index (χ1) is 9.38. The number of benzene rings is 2. The summed E-state index contributed by atoms with van der Waals surface area (Å²) < 4.78 is 29.3. The van der Waals surface area contributed by atoms with Crippen LogP contribution in [-0.4, -0.2) is 0 Å². The van der Waals surface area contributed by atoms with Crippen molar-refractivity contribution in [1.29, 1.82) is 0 Å². The van der Waals surface area contributed by atoms with Crippen molar-refractivity contribution in [2.45, 2.75) is 13.0 Å². The molecule has 0 aliphatic rings. The predicted molar refractivity (Wildman–Crippen MR) is 87.9 cm³/mol. The van der Waals surface area contributed by atoms with E-state index in [9.17, 15) is 8.78 Å². The van der Waals surface area contributed by atoms with Crippen LogP contribution in [0.5, 0.6) is 0 Å². The topological polar surface area (TPSA) is 12.0 Å². The van der Waals surface area contributed by atoms with Crippen LogP contribution in [0.15, 0.2) is 43.7 Å². The molecule has 0 saturated heterocycles. The van der Waals surface area contributed by atoms with Gasteiger partial charge in [0, 0.05) is 25.0 Å². The summed E-state index contributed by atoms with van der Waals surface area (Å²) in [5.74, 6) is -1.14. The van der Waals surface area contributed by atoms with Gasteiger partial charge in [0.25, 0.3) is 0 Å². The maximum Gasteiger partial charge on any atom is 0.131 e. The van der Waals surface area contributed by atoms with Gasteiger partial charge in [0.2, 0.25) is 0 Å². The second-order valence-electron chi connectivity index (χ2n) is 4.28. The van der Waals surface area contributed by atoms with Gasteiger partial charge in [0.15, 0.2) is 0 Å². The smallest absolute Gasteiger partial charge is 0.131 e. The summed E-state index contributed by atoms with van der Waals surface area (Å²) in [4.78, 5) is 0. The summed E-state index contributed by atoms with van der Waals surface area (Å²) in [5.41, 5.74) is 1.22. The molecule has 0 fully saturated rings. The van der Waals surface area contributed by atoms with Crippen LogP contribution in [0.25, 0.3) is 0 Å². The molecule has 1 nitrogen and oxygen atoms in total. The highest BCUT2D eigenvalue weighted by molar-refractivity contribution is 9.11. The van der Waals surface area contributed by atoms with E-state index in [1.165, 1.54) is 12.1 Å². The highest BCUT2D eigenvalue weighted by atomic mass is 79.9. The molecule has 2 rings (SSSR count). The van der Waals surface area contributed by atoms with Crippen molar-refractivity contribution in [2.75, 3.05) is 5.32 Å². The Morgan fingerprint density at radius 2 is 1.60 bits per heavy atom. The second kappa shape index (κ2) is 6.54. The summed E-state index contributed by atoms with van der Waals surface area (Å²) >= 11 is 10.3. The molecule has 0 aliphatic carbocycles. The number of rotatable bonds is 3. The Labute approximate surface area is 141 Å². The lowest BCUT2D eigenvalue weighted by molar-refractivity contribution is 0.566. The minimum atomic E-state index is -0.579. The highest BCUT2D eigenvalue weighted by Crippen LogP contribution is 2.36. The molecule has 20 heavy (non-hydrogen) atoms. The molecule has 0 heterocycles. The van der Waals surface area contributed by atoms with E-state index in [0.717, 1.165) is 25.2 Å². The molecule has 1 N–H and O–H groups in total. The van der Waals surface area contributed by atoms with Gasteiger partial charge in [-0.15, -0.1) is 0 Å². The standard InChI is InChI=1S/C14H10Br3F2N/c1-7(10-3-2-9(18)6-13(10)19)20-14-11(16)4-8(15)5-12(14)17/h2-7,20H,1H3. The fraction of sp³-hybridized carbons (Fsp3) is 0.143. The van der Waals surface area contributed by atoms with E-state index < -0.39 is 11.6 Å². The highest BCUT2D eigenvalue weighted by Gasteiger charge is 2.15. The van der Waals surface area contributed by atoms with Crippen molar-refractivity contribution >= 4 is 53.5 Å². The molecule has 0 bridgehead atoms. The van der Waals surface area contributed by atoms with Gasteiger partial charge in [-0.1, -0.05) is 22.0 Å². The van der Waals surface area contributed by atoms with Crippen LogP contribution in [0, 0.1) is 11.6 Å². The first kappa shape index (κ1) is 15.9. The minimum absolute atomic E-state index is 0.302. The molecule has 1 atom stereocenters. The second-order valence-corrected chi connectivity index (χ2v) is 6.90. The van der Waals surface area contributed by atoms with Gasteiger partial charge in [-0.05, 0) is 57.0 Å².